The molecule has 0 N–H and O–H groups in total. The Kier molecular flexibility index (Phi) is 5.02. The first kappa shape index (κ1) is 14.5. The predicted octanol–water partition coefficient (Wildman–Crippen LogP) is 2.71. The van der Waals surface area contributed by atoms with E-state index in [1.165, 1.54) is 0 Å². The molecular formula is C13H16N3Y-. The Morgan fingerprint density at radius 3 is 2.47 bits per heavy atom. The maximum atomic E-state index is 4.44. The van der Waals surface area contributed by atoms with E-state index in [0.29, 0.717) is 5.92 Å². The van der Waals surface area contributed by atoms with Gasteiger partial charge in [0, 0.05) is 46.0 Å². The van der Waals surface area contributed by atoms with Crippen molar-refractivity contribution in [3.8, 4) is 11.4 Å². The summed E-state index contributed by atoms with van der Waals surface area (Å²) in [6.07, 6.45) is 3.88. The molecule has 0 saturated heterocycles. The Hall–Kier alpha value is -0.536. The average Bonchev–Trinajstić information content (AvgIpc) is 2.58. The third-order valence-electron chi connectivity index (χ3n) is 2.59. The van der Waals surface area contributed by atoms with Crippen LogP contribution in [0, 0.1) is 13.0 Å². The van der Waals surface area contributed by atoms with Crippen molar-refractivity contribution >= 4 is 0 Å². The number of nitrogens with zero attached hydrogens (tertiary/aromatic N) is 3. The maximum Gasteiger partial charge on any atom is 0.0578 e. The summed E-state index contributed by atoms with van der Waals surface area (Å²) in [5, 5.41) is 4.39. The minimum Gasteiger partial charge on any atom is -0.381 e. The molecule has 2 aromatic rings. The van der Waals surface area contributed by atoms with Gasteiger partial charge in [0.05, 0.1) is 5.69 Å². The van der Waals surface area contributed by atoms with Gasteiger partial charge in [0.15, 0.2) is 0 Å². The average molecular weight is 303 g/mol. The first-order valence-corrected chi connectivity index (χ1v) is 5.46. The maximum absolute atomic E-state index is 4.44. The van der Waals surface area contributed by atoms with E-state index in [4.69, 9.17) is 0 Å². The molecular weight excluding hydrogens is 287 g/mol. The fourth-order valence-electron chi connectivity index (χ4n) is 1.67. The number of aryl methyl sites for hydroxylation is 2. The molecule has 0 spiro atoms. The number of hydrogen-bond acceptors (Lipinski definition) is 2. The van der Waals surface area contributed by atoms with Crippen molar-refractivity contribution in [2.45, 2.75) is 26.7 Å². The standard InChI is InChI=1S/C13H16N3.Y/c1-9(2)11-5-6-12(14-7-11)13-10(3)8-16(4)15-13;/h6-9H,1-4H3;/q-1;. The van der Waals surface area contributed by atoms with Crippen LogP contribution in [0.2, 0.25) is 0 Å². The Morgan fingerprint density at radius 1 is 1.35 bits per heavy atom. The number of aromatic nitrogens is 3. The molecule has 0 saturated carbocycles. The number of hydrogen-bond donors (Lipinski definition) is 0. The predicted molar refractivity (Wildman–Crippen MR) is 64.1 cm³/mol. The van der Waals surface area contributed by atoms with Gasteiger partial charge >= 0.3 is 0 Å². The third-order valence-corrected chi connectivity index (χ3v) is 2.59. The van der Waals surface area contributed by atoms with Crippen LogP contribution in [-0.2, 0) is 39.8 Å². The Labute approximate surface area is 128 Å². The van der Waals surface area contributed by atoms with Gasteiger partial charge in [-0.2, -0.15) is 11.2 Å². The van der Waals surface area contributed by atoms with Crippen LogP contribution in [0.25, 0.3) is 11.4 Å². The van der Waals surface area contributed by atoms with Gasteiger partial charge in [0.1, 0.15) is 0 Å². The van der Waals surface area contributed by atoms with E-state index >= 15 is 0 Å². The molecule has 0 unspecified atom stereocenters. The van der Waals surface area contributed by atoms with Gasteiger partial charge in [0.2, 0.25) is 0 Å². The van der Waals surface area contributed by atoms with Crippen LogP contribution in [0.15, 0.2) is 18.5 Å². The second kappa shape index (κ2) is 5.88. The van der Waals surface area contributed by atoms with Crippen molar-refractivity contribution in [1.82, 2.24) is 14.8 Å². The summed E-state index contributed by atoms with van der Waals surface area (Å²) in [5.41, 5.74) is 4.11. The normalized spacial score (nSPS) is 10.4. The van der Waals surface area contributed by atoms with Crippen LogP contribution < -0.4 is 0 Å². The van der Waals surface area contributed by atoms with Crippen LogP contribution in [-0.4, -0.2) is 14.8 Å². The zero-order valence-corrected chi connectivity index (χ0v) is 13.6. The summed E-state index contributed by atoms with van der Waals surface area (Å²) in [5.74, 6) is 0.464. The Morgan fingerprint density at radius 2 is 2.06 bits per heavy atom. The van der Waals surface area contributed by atoms with Crippen LogP contribution in [0.1, 0.15) is 30.9 Å². The summed E-state index contributed by atoms with van der Waals surface area (Å²) in [6.45, 7) is 6.32. The van der Waals surface area contributed by atoms with Crippen molar-refractivity contribution in [2.24, 2.45) is 7.05 Å². The van der Waals surface area contributed by atoms with Gasteiger partial charge in [0.25, 0.3) is 0 Å². The summed E-state index contributed by atoms with van der Waals surface area (Å²) in [7, 11) is 1.92. The van der Waals surface area contributed by atoms with Gasteiger partial charge in [-0.15, -0.1) is 11.6 Å². The number of rotatable bonds is 2. The van der Waals surface area contributed by atoms with Gasteiger partial charge in [-0.25, -0.2) is 0 Å². The summed E-state index contributed by atoms with van der Waals surface area (Å²) in [6, 6.07) is 5.18. The van der Waals surface area contributed by atoms with E-state index in [2.05, 4.69) is 30.0 Å². The topological polar surface area (TPSA) is 30.7 Å². The van der Waals surface area contributed by atoms with E-state index in [0.717, 1.165) is 22.5 Å². The van der Waals surface area contributed by atoms with Crippen LogP contribution >= 0.6 is 0 Å². The molecule has 2 aromatic heterocycles. The van der Waals surface area contributed by atoms with Crippen LogP contribution in [0.3, 0.4) is 0 Å². The molecule has 0 amide bonds. The number of pyridine rings is 1. The molecule has 0 fully saturated rings. The van der Waals surface area contributed by atoms with Crippen molar-refractivity contribution in [1.29, 1.82) is 0 Å². The second-order valence-electron chi connectivity index (χ2n) is 4.38. The van der Waals surface area contributed by atoms with Crippen molar-refractivity contribution < 1.29 is 32.7 Å². The molecule has 1 radical (unpaired) electrons. The molecule has 2 rings (SSSR count). The summed E-state index contributed by atoms with van der Waals surface area (Å²) in [4.78, 5) is 4.44. The SMILES string of the molecule is Cc1cn(C)nc1-c1c[c-]c(C(C)C)cn1.[Y]. The fourth-order valence-corrected chi connectivity index (χ4v) is 1.67. The molecule has 17 heavy (non-hydrogen) atoms. The van der Waals surface area contributed by atoms with Crippen molar-refractivity contribution in [2.75, 3.05) is 0 Å². The third kappa shape index (κ3) is 3.23. The summed E-state index contributed by atoms with van der Waals surface area (Å²) >= 11 is 0. The quantitative estimate of drug-likeness (QED) is 0.799. The van der Waals surface area contributed by atoms with Gasteiger partial charge < -0.3 is 4.98 Å². The van der Waals surface area contributed by atoms with Gasteiger partial charge in [-0.3, -0.25) is 4.68 Å². The minimum atomic E-state index is 0. The molecule has 4 heteroatoms. The van der Waals surface area contributed by atoms with Crippen LogP contribution in [0.4, 0.5) is 0 Å². The largest absolute Gasteiger partial charge is 0.381 e. The van der Waals surface area contributed by atoms with Crippen molar-refractivity contribution in [3.05, 3.63) is 35.7 Å². The Balaban J connectivity index is 0.00000144. The first-order valence-electron chi connectivity index (χ1n) is 5.46. The zero-order chi connectivity index (χ0) is 11.7. The van der Waals surface area contributed by atoms with E-state index in [1.807, 2.05) is 37.1 Å². The zero-order valence-electron chi connectivity index (χ0n) is 10.7. The molecule has 87 valence electrons. The van der Waals surface area contributed by atoms with E-state index in [1.54, 1.807) is 0 Å². The van der Waals surface area contributed by atoms with Gasteiger partial charge in [-0.1, -0.05) is 20.0 Å². The first-order chi connectivity index (χ1) is 7.58. The molecule has 2 heterocycles. The monoisotopic (exact) mass is 303 g/mol. The van der Waals surface area contributed by atoms with E-state index in [-0.39, 0.29) is 32.7 Å². The van der Waals surface area contributed by atoms with Crippen molar-refractivity contribution in [3.63, 3.8) is 0 Å². The molecule has 0 aliphatic rings. The molecule has 0 bridgehead atoms. The minimum absolute atomic E-state index is 0. The summed E-state index contributed by atoms with van der Waals surface area (Å²) < 4.78 is 1.81. The molecule has 0 aliphatic carbocycles. The molecule has 0 atom stereocenters. The molecule has 0 aromatic carbocycles. The smallest absolute Gasteiger partial charge is 0.0578 e. The fraction of sp³-hybridized carbons (Fsp3) is 0.385. The molecule has 0 aliphatic heterocycles. The van der Waals surface area contributed by atoms with Gasteiger partial charge in [-0.05, 0) is 24.1 Å². The van der Waals surface area contributed by atoms with E-state index < -0.39 is 0 Å². The Bertz CT molecular complexity index is 486. The van der Waals surface area contributed by atoms with E-state index in [9.17, 15) is 0 Å². The van der Waals surface area contributed by atoms with Crippen LogP contribution in [0.5, 0.6) is 0 Å². The molecule has 3 nitrogen and oxygen atoms in total. The second-order valence-corrected chi connectivity index (χ2v) is 4.38.